The molecule has 0 saturated heterocycles. The summed E-state index contributed by atoms with van der Waals surface area (Å²) in [7, 11) is 0. The molecule has 1 aromatic rings. The molecule has 1 aliphatic rings. The zero-order valence-corrected chi connectivity index (χ0v) is 13.3. The number of aliphatic hydroxyl groups is 1. The van der Waals surface area contributed by atoms with Crippen LogP contribution in [0.2, 0.25) is 0 Å². The van der Waals surface area contributed by atoms with Gasteiger partial charge in [0.05, 0.1) is 5.60 Å². The lowest BCUT2D eigenvalue weighted by atomic mass is 9.94. The fourth-order valence-electron chi connectivity index (χ4n) is 2.61. The minimum atomic E-state index is -0.492. The van der Waals surface area contributed by atoms with Gasteiger partial charge in [-0.2, -0.15) is 0 Å². The van der Waals surface area contributed by atoms with Crippen LogP contribution in [-0.2, 0) is 0 Å². The van der Waals surface area contributed by atoms with E-state index in [9.17, 15) is 5.11 Å². The van der Waals surface area contributed by atoms with Crippen molar-refractivity contribution in [3.8, 4) is 0 Å². The van der Waals surface area contributed by atoms with Gasteiger partial charge in [0.2, 0.25) is 0 Å². The van der Waals surface area contributed by atoms with E-state index in [1.165, 1.54) is 22.2 Å². The van der Waals surface area contributed by atoms with E-state index in [0.717, 1.165) is 25.7 Å². The van der Waals surface area contributed by atoms with Gasteiger partial charge in [0, 0.05) is 21.9 Å². The Hall–Kier alpha value is 0.100. The molecule has 18 heavy (non-hydrogen) atoms. The first-order chi connectivity index (χ1) is 8.61. The molecule has 2 rings (SSSR count). The summed E-state index contributed by atoms with van der Waals surface area (Å²) < 4.78 is 1.17. The number of hydrogen-bond acceptors (Lipinski definition) is 3. The van der Waals surface area contributed by atoms with Crippen molar-refractivity contribution in [2.24, 2.45) is 0 Å². The van der Waals surface area contributed by atoms with E-state index < -0.39 is 5.60 Å². The van der Waals surface area contributed by atoms with Gasteiger partial charge in [-0.15, -0.1) is 11.3 Å². The van der Waals surface area contributed by atoms with E-state index in [0.29, 0.717) is 12.6 Å². The van der Waals surface area contributed by atoms with Crippen molar-refractivity contribution in [3.63, 3.8) is 0 Å². The summed E-state index contributed by atoms with van der Waals surface area (Å²) in [5.41, 5.74) is -0.492. The Morgan fingerprint density at radius 3 is 2.61 bits per heavy atom. The van der Waals surface area contributed by atoms with Gasteiger partial charge < -0.3 is 10.4 Å². The average Bonchev–Trinajstić information content (AvgIpc) is 2.65. The SMILES string of the molecule is CC(NCC1(O)CCCCCC1)c1sccc1Br. The standard InChI is InChI=1S/C14H22BrNOS/c1-11(13-12(15)6-9-18-13)16-10-14(17)7-4-2-3-5-8-14/h6,9,11,16-17H,2-5,7-8,10H2,1H3. The van der Waals surface area contributed by atoms with Crippen LogP contribution < -0.4 is 5.32 Å². The predicted molar refractivity (Wildman–Crippen MR) is 81.1 cm³/mol. The molecule has 1 aliphatic carbocycles. The van der Waals surface area contributed by atoms with Crippen molar-refractivity contribution in [2.45, 2.75) is 57.1 Å². The number of halogens is 1. The summed E-state index contributed by atoms with van der Waals surface area (Å²) in [6.45, 7) is 2.87. The maximum Gasteiger partial charge on any atom is 0.0771 e. The minimum absolute atomic E-state index is 0.298. The Labute approximate surface area is 122 Å². The second-order valence-electron chi connectivity index (χ2n) is 5.37. The Morgan fingerprint density at radius 2 is 2.06 bits per heavy atom. The summed E-state index contributed by atoms with van der Waals surface area (Å²) >= 11 is 5.32. The van der Waals surface area contributed by atoms with Gasteiger partial charge in [-0.1, -0.05) is 25.7 Å². The van der Waals surface area contributed by atoms with Crippen LogP contribution >= 0.6 is 27.3 Å². The van der Waals surface area contributed by atoms with E-state index in [2.05, 4.69) is 39.6 Å². The largest absolute Gasteiger partial charge is 0.389 e. The monoisotopic (exact) mass is 331 g/mol. The van der Waals surface area contributed by atoms with Crippen LogP contribution in [-0.4, -0.2) is 17.3 Å². The van der Waals surface area contributed by atoms with Crippen molar-refractivity contribution in [3.05, 3.63) is 20.8 Å². The van der Waals surface area contributed by atoms with Gasteiger partial charge in [-0.05, 0) is 47.1 Å². The second kappa shape index (κ2) is 6.51. The Morgan fingerprint density at radius 1 is 1.39 bits per heavy atom. The molecule has 1 saturated carbocycles. The molecule has 0 aliphatic heterocycles. The lowest BCUT2D eigenvalue weighted by Gasteiger charge is -2.28. The maximum absolute atomic E-state index is 10.6. The average molecular weight is 332 g/mol. The lowest BCUT2D eigenvalue weighted by Crippen LogP contribution is -2.41. The molecule has 0 radical (unpaired) electrons. The van der Waals surface area contributed by atoms with Crippen LogP contribution in [0.25, 0.3) is 0 Å². The normalized spacial score (nSPS) is 21.5. The topological polar surface area (TPSA) is 32.3 Å². The van der Waals surface area contributed by atoms with E-state index >= 15 is 0 Å². The molecule has 1 aromatic heterocycles. The highest BCUT2D eigenvalue weighted by atomic mass is 79.9. The summed E-state index contributed by atoms with van der Waals surface area (Å²) in [5.74, 6) is 0. The maximum atomic E-state index is 10.6. The van der Waals surface area contributed by atoms with Crippen LogP contribution in [0.1, 0.15) is 56.4 Å². The number of nitrogens with one attached hydrogen (secondary N) is 1. The van der Waals surface area contributed by atoms with Crippen molar-refractivity contribution >= 4 is 27.3 Å². The van der Waals surface area contributed by atoms with Crippen LogP contribution in [0, 0.1) is 0 Å². The highest BCUT2D eigenvalue weighted by Gasteiger charge is 2.28. The van der Waals surface area contributed by atoms with Crippen molar-refractivity contribution < 1.29 is 5.11 Å². The molecule has 2 N–H and O–H groups in total. The first-order valence-electron chi connectivity index (χ1n) is 6.79. The van der Waals surface area contributed by atoms with E-state index in [-0.39, 0.29) is 0 Å². The quantitative estimate of drug-likeness (QED) is 0.808. The highest BCUT2D eigenvalue weighted by Crippen LogP contribution is 2.30. The molecule has 2 nitrogen and oxygen atoms in total. The summed E-state index contributed by atoms with van der Waals surface area (Å²) in [6, 6.07) is 2.38. The predicted octanol–water partition coefficient (Wildman–Crippen LogP) is 4.25. The molecule has 1 unspecified atom stereocenters. The number of rotatable bonds is 4. The number of hydrogen-bond donors (Lipinski definition) is 2. The van der Waals surface area contributed by atoms with Crippen LogP contribution in [0.3, 0.4) is 0 Å². The van der Waals surface area contributed by atoms with Gasteiger partial charge in [0.15, 0.2) is 0 Å². The summed E-state index contributed by atoms with van der Waals surface area (Å²) in [6.07, 6.45) is 6.75. The van der Waals surface area contributed by atoms with Gasteiger partial charge in [0.1, 0.15) is 0 Å². The summed E-state index contributed by atoms with van der Waals surface area (Å²) in [5, 5.41) is 16.2. The Balaban J connectivity index is 1.88. The van der Waals surface area contributed by atoms with E-state index in [4.69, 9.17) is 0 Å². The molecule has 1 atom stereocenters. The molecule has 0 spiro atoms. The van der Waals surface area contributed by atoms with Crippen molar-refractivity contribution in [1.82, 2.24) is 5.32 Å². The van der Waals surface area contributed by atoms with Gasteiger partial charge >= 0.3 is 0 Å². The first kappa shape index (κ1) is 14.5. The molecule has 1 heterocycles. The van der Waals surface area contributed by atoms with Crippen LogP contribution in [0.5, 0.6) is 0 Å². The molecule has 1 fully saturated rings. The molecule has 0 amide bonds. The molecule has 0 aromatic carbocycles. The number of thiophene rings is 1. The van der Waals surface area contributed by atoms with Crippen molar-refractivity contribution in [2.75, 3.05) is 6.54 Å². The van der Waals surface area contributed by atoms with E-state index in [1.54, 1.807) is 11.3 Å². The van der Waals surface area contributed by atoms with Crippen LogP contribution in [0.4, 0.5) is 0 Å². The second-order valence-corrected chi connectivity index (χ2v) is 7.18. The highest BCUT2D eigenvalue weighted by molar-refractivity contribution is 9.10. The van der Waals surface area contributed by atoms with Crippen molar-refractivity contribution in [1.29, 1.82) is 0 Å². The lowest BCUT2D eigenvalue weighted by molar-refractivity contribution is 0.0232. The molecule has 0 bridgehead atoms. The van der Waals surface area contributed by atoms with Crippen LogP contribution in [0.15, 0.2) is 15.9 Å². The Bertz CT molecular complexity index is 372. The van der Waals surface area contributed by atoms with Gasteiger partial charge in [0.25, 0.3) is 0 Å². The fraction of sp³-hybridized carbons (Fsp3) is 0.714. The third-order valence-corrected chi connectivity index (χ3v) is 5.86. The van der Waals surface area contributed by atoms with Gasteiger partial charge in [-0.3, -0.25) is 0 Å². The summed E-state index contributed by atoms with van der Waals surface area (Å²) in [4.78, 5) is 1.31. The molecule has 102 valence electrons. The third kappa shape index (κ3) is 3.80. The molecular formula is C14H22BrNOS. The Kier molecular flexibility index (Phi) is 5.24. The zero-order chi connectivity index (χ0) is 13.0. The third-order valence-electron chi connectivity index (χ3n) is 3.81. The zero-order valence-electron chi connectivity index (χ0n) is 10.9. The molecular weight excluding hydrogens is 310 g/mol. The minimum Gasteiger partial charge on any atom is -0.389 e. The fourth-order valence-corrected chi connectivity index (χ4v) is 4.36. The van der Waals surface area contributed by atoms with Gasteiger partial charge in [-0.25, -0.2) is 0 Å². The first-order valence-corrected chi connectivity index (χ1v) is 8.47. The van der Waals surface area contributed by atoms with E-state index in [1.807, 2.05) is 0 Å². The smallest absolute Gasteiger partial charge is 0.0771 e. The molecule has 4 heteroatoms.